The summed E-state index contributed by atoms with van der Waals surface area (Å²) >= 11 is 7.18. The van der Waals surface area contributed by atoms with Crippen LogP contribution in [0.4, 0.5) is 5.13 Å². The Morgan fingerprint density at radius 2 is 2.00 bits per heavy atom. The number of rotatable bonds is 9. The number of carbonyl (C=O) groups is 3. The summed E-state index contributed by atoms with van der Waals surface area (Å²) in [4.78, 5) is 45.1. The van der Waals surface area contributed by atoms with Crippen molar-refractivity contribution < 1.29 is 29.0 Å². The molecule has 1 aliphatic heterocycles. The first kappa shape index (κ1) is 27.1. The zero-order chi connectivity index (χ0) is 27.4. The fraction of sp³-hybridized carbons (Fsp3) is 0.214. The maximum atomic E-state index is 13.4. The lowest BCUT2D eigenvalue weighted by Crippen LogP contribution is -2.29. The number of aliphatic hydroxyl groups excluding tert-OH is 1. The Kier molecular flexibility index (Phi) is 8.29. The van der Waals surface area contributed by atoms with E-state index in [1.54, 1.807) is 55.5 Å². The molecular weight excluding hydrogens is 528 g/mol. The molecule has 2 heterocycles. The summed E-state index contributed by atoms with van der Waals surface area (Å²) in [6.45, 7) is 7.61. The minimum absolute atomic E-state index is 0.0135. The van der Waals surface area contributed by atoms with Crippen LogP contribution in [0.2, 0.25) is 5.02 Å². The number of thiazole rings is 1. The van der Waals surface area contributed by atoms with Gasteiger partial charge < -0.3 is 14.6 Å². The third-order valence-corrected chi connectivity index (χ3v) is 7.07. The van der Waals surface area contributed by atoms with E-state index in [0.717, 1.165) is 17.8 Å². The number of aliphatic hydroxyl groups is 1. The number of benzene rings is 2. The molecule has 196 valence electrons. The van der Waals surface area contributed by atoms with Gasteiger partial charge in [0.1, 0.15) is 23.0 Å². The summed E-state index contributed by atoms with van der Waals surface area (Å²) in [6.07, 6.45) is 2.24. The molecule has 0 aliphatic carbocycles. The Morgan fingerprint density at radius 1 is 1.24 bits per heavy atom. The number of anilines is 1. The highest BCUT2D eigenvalue weighted by atomic mass is 35.5. The van der Waals surface area contributed by atoms with E-state index in [9.17, 15) is 19.5 Å². The van der Waals surface area contributed by atoms with E-state index in [2.05, 4.69) is 11.6 Å². The molecule has 0 radical (unpaired) electrons. The number of nitrogens with zero attached hydrogens (tertiary/aromatic N) is 2. The number of amides is 1. The molecular formula is C28H25ClN2O6S. The molecule has 1 N–H and O–H groups in total. The molecule has 10 heteroatoms. The Hall–Kier alpha value is -3.95. The predicted molar refractivity (Wildman–Crippen MR) is 146 cm³/mol. The van der Waals surface area contributed by atoms with Gasteiger partial charge in [-0.3, -0.25) is 14.5 Å². The molecule has 0 bridgehead atoms. The molecule has 0 spiro atoms. The number of carbonyl (C=O) groups excluding carboxylic acids is 3. The van der Waals surface area contributed by atoms with Crippen molar-refractivity contribution in [2.24, 2.45) is 0 Å². The van der Waals surface area contributed by atoms with Crippen LogP contribution in [0.5, 0.6) is 5.75 Å². The summed E-state index contributed by atoms with van der Waals surface area (Å²) in [5.74, 6) is -2.25. The van der Waals surface area contributed by atoms with Gasteiger partial charge in [0.15, 0.2) is 5.13 Å². The Morgan fingerprint density at radius 3 is 2.71 bits per heavy atom. The number of Topliss-reactive ketones (excluding diaryl/α,β-unsaturated/α-hetero) is 1. The van der Waals surface area contributed by atoms with E-state index in [1.807, 2.05) is 6.92 Å². The highest BCUT2D eigenvalue weighted by Crippen LogP contribution is 2.44. The number of esters is 1. The molecule has 1 saturated heterocycles. The van der Waals surface area contributed by atoms with Crippen LogP contribution in [0.1, 0.15) is 45.9 Å². The van der Waals surface area contributed by atoms with Crippen LogP contribution in [-0.2, 0) is 14.3 Å². The normalized spacial score (nSPS) is 16.5. The van der Waals surface area contributed by atoms with Crippen molar-refractivity contribution in [3.8, 4) is 5.75 Å². The quantitative estimate of drug-likeness (QED) is 0.116. The van der Waals surface area contributed by atoms with Crippen molar-refractivity contribution >= 4 is 51.5 Å². The van der Waals surface area contributed by atoms with E-state index < -0.39 is 23.7 Å². The number of ketones is 1. The van der Waals surface area contributed by atoms with Crippen LogP contribution >= 0.6 is 22.9 Å². The first-order chi connectivity index (χ1) is 18.3. The van der Waals surface area contributed by atoms with Gasteiger partial charge >= 0.3 is 11.9 Å². The molecule has 1 amide bonds. The van der Waals surface area contributed by atoms with Crippen molar-refractivity contribution in [1.82, 2.24) is 4.98 Å². The number of aryl methyl sites for hydroxylation is 1. The molecule has 8 nitrogen and oxygen atoms in total. The zero-order valence-corrected chi connectivity index (χ0v) is 22.3. The fourth-order valence-corrected chi connectivity index (χ4v) is 5.19. The zero-order valence-electron chi connectivity index (χ0n) is 20.8. The molecule has 1 fully saturated rings. The van der Waals surface area contributed by atoms with Crippen molar-refractivity contribution in [3.05, 3.63) is 93.5 Å². The van der Waals surface area contributed by atoms with Crippen molar-refractivity contribution in [2.45, 2.75) is 26.3 Å². The second-order valence-corrected chi connectivity index (χ2v) is 9.81. The second kappa shape index (κ2) is 11.6. The minimum Gasteiger partial charge on any atom is -0.507 e. The lowest BCUT2D eigenvalue weighted by Gasteiger charge is -2.23. The molecule has 38 heavy (non-hydrogen) atoms. The maximum absolute atomic E-state index is 13.4. The molecule has 1 aromatic heterocycles. The Balaban J connectivity index is 1.86. The summed E-state index contributed by atoms with van der Waals surface area (Å²) in [5.41, 5.74) is 1.01. The predicted octanol–water partition coefficient (Wildman–Crippen LogP) is 5.86. The van der Waals surface area contributed by atoms with Gasteiger partial charge in [-0.05, 0) is 43.2 Å². The summed E-state index contributed by atoms with van der Waals surface area (Å²) < 4.78 is 10.8. The van der Waals surface area contributed by atoms with Gasteiger partial charge in [-0.1, -0.05) is 66.8 Å². The third-order valence-electron chi connectivity index (χ3n) is 5.70. The van der Waals surface area contributed by atoms with Crippen LogP contribution < -0.4 is 9.64 Å². The molecule has 4 rings (SSSR count). The van der Waals surface area contributed by atoms with Gasteiger partial charge in [-0.15, -0.1) is 0 Å². The largest absolute Gasteiger partial charge is 0.507 e. The van der Waals surface area contributed by atoms with Crippen LogP contribution in [0.3, 0.4) is 0 Å². The standard InChI is InChI=1S/C28H25ClN2O6S/c1-4-12-36-20-11-7-9-18(15-20)23(32)21-22(17-8-6-10-19(29)14-17)31(26(34)24(21)33)28-30-16(3)25(38-28)27(35)37-13-5-2/h5-11,14-15,22,32H,2,4,12-13H2,1,3H3. The van der Waals surface area contributed by atoms with Gasteiger partial charge in [0.05, 0.1) is 23.9 Å². The highest BCUT2D eigenvalue weighted by Gasteiger charge is 2.48. The van der Waals surface area contributed by atoms with Crippen molar-refractivity contribution in [2.75, 3.05) is 18.1 Å². The molecule has 1 aliphatic rings. The average molecular weight is 553 g/mol. The lowest BCUT2D eigenvalue weighted by atomic mass is 9.95. The average Bonchev–Trinajstić information content (AvgIpc) is 3.42. The van der Waals surface area contributed by atoms with Crippen molar-refractivity contribution in [3.63, 3.8) is 0 Å². The topological polar surface area (TPSA) is 106 Å². The second-order valence-electron chi connectivity index (χ2n) is 8.40. The monoisotopic (exact) mass is 552 g/mol. The van der Waals surface area contributed by atoms with Gasteiger partial charge in [0.2, 0.25) is 0 Å². The lowest BCUT2D eigenvalue weighted by molar-refractivity contribution is -0.132. The van der Waals surface area contributed by atoms with Crippen LogP contribution in [0.15, 0.2) is 66.8 Å². The van der Waals surface area contributed by atoms with E-state index >= 15 is 0 Å². The first-order valence-electron chi connectivity index (χ1n) is 11.8. The molecule has 3 aromatic rings. The summed E-state index contributed by atoms with van der Waals surface area (Å²) in [6, 6.07) is 12.3. The van der Waals surface area contributed by atoms with E-state index in [-0.39, 0.29) is 27.9 Å². The number of hydrogen-bond donors (Lipinski definition) is 1. The molecule has 2 aromatic carbocycles. The van der Waals surface area contributed by atoms with Gasteiger partial charge in [-0.2, -0.15) is 0 Å². The van der Waals surface area contributed by atoms with E-state index in [4.69, 9.17) is 21.1 Å². The number of hydrogen-bond acceptors (Lipinski definition) is 8. The van der Waals surface area contributed by atoms with Crippen LogP contribution in [0.25, 0.3) is 5.76 Å². The molecule has 1 unspecified atom stereocenters. The Bertz CT molecular complexity index is 1450. The van der Waals surface area contributed by atoms with Gasteiger partial charge in [-0.25, -0.2) is 9.78 Å². The summed E-state index contributed by atoms with van der Waals surface area (Å²) in [5, 5.41) is 11.9. The van der Waals surface area contributed by atoms with Crippen LogP contribution in [0, 0.1) is 6.92 Å². The van der Waals surface area contributed by atoms with E-state index in [1.165, 1.54) is 11.0 Å². The number of aromatic nitrogens is 1. The first-order valence-corrected chi connectivity index (χ1v) is 13.0. The van der Waals surface area contributed by atoms with Crippen LogP contribution in [-0.4, -0.2) is 41.0 Å². The third kappa shape index (κ3) is 5.34. The molecule has 1 atom stereocenters. The smallest absolute Gasteiger partial charge is 0.350 e. The van der Waals surface area contributed by atoms with Gasteiger partial charge in [0, 0.05) is 10.6 Å². The molecule has 0 saturated carbocycles. The fourth-order valence-electron chi connectivity index (χ4n) is 4.01. The van der Waals surface area contributed by atoms with Gasteiger partial charge in [0.25, 0.3) is 5.78 Å². The van der Waals surface area contributed by atoms with E-state index in [0.29, 0.717) is 34.2 Å². The highest BCUT2D eigenvalue weighted by molar-refractivity contribution is 7.17. The SMILES string of the molecule is C=CCOC(=O)c1sc(N2C(=O)C(=O)C(=C(O)c3cccc(OCCC)c3)C2c2cccc(Cl)c2)nc1C. The number of ether oxygens (including phenoxy) is 2. The van der Waals surface area contributed by atoms with Crippen molar-refractivity contribution in [1.29, 1.82) is 0 Å². The Labute approximate surface area is 228 Å². The number of halogens is 1. The maximum Gasteiger partial charge on any atom is 0.350 e. The summed E-state index contributed by atoms with van der Waals surface area (Å²) in [7, 11) is 0. The minimum atomic E-state index is -1.04.